The molecule has 1 aromatic carbocycles. The van der Waals surface area contributed by atoms with Crippen molar-refractivity contribution in [3.05, 3.63) is 42.1 Å². The number of hydrogen-bond acceptors (Lipinski definition) is 6. The summed E-state index contributed by atoms with van der Waals surface area (Å²) in [6.45, 7) is 2.13. The molecule has 0 unspecified atom stereocenters. The average Bonchev–Trinajstić information content (AvgIpc) is 2.93. The van der Waals surface area contributed by atoms with Crippen LogP contribution in [-0.2, 0) is 5.75 Å². The second kappa shape index (κ2) is 6.56. The molecule has 2 heterocycles. The molecule has 0 saturated heterocycles. The highest BCUT2D eigenvalue weighted by Crippen LogP contribution is 2.31. The van der Waals surface area contributed by atoms with Gasteiger partial charge in [0.2, 0.25) is 0 Å². The van der Waals surface area contributed by atoms with Crippen molar-refractivity contribution in [1.29, 1.82) is 0 Å². The van der Waals surface area contributed by atoms with Crippen LogP contribution < -0.4 is 0 Å². The minimum atomic E-state index is 0.875. The highest BCUT2D eigenvalue weighted by atomic mass is 32.2. The number of pyridine rings is 1. The molecule has 102 valence electrons. The first-order valence-corrected chi connectivity index (χ1v) is 9.07. The van der Waals surface area contributed by atoms with Crippen LogP contribution in [0.2, 0.25) is 0 Å². The molecule has 6 heteroatoms. The van der Waals surface area contributed by atoms with Gasteiger partial charge in [-0.2, -0.15) is 0 Å². The molecule has 0 saturated carbocycles. The molecule has 0 amide bonds. The highest BCUT2D eigenvalue weighted by molar-refractivity contribution is 8.02. The smallest absolute Gasteiger partial charge is 0.175 e. The van der Waals surface area contributed by atoms with Crippen molar-refractivity contribution in [2.75, 3.05) is 5.75 Å². The molecule has 0 bridgehead atoms. The monoisotopic (exact) mass is 319 g/mol. The van der Waals surface area contributed by atoms with Crippen LogP contribution in [0, 0.1) is 0 Å². The molecule has 3 nitrogen and oxygen atoms in total. The van der Waals surface area contributed by atoms with E-state index >= 15 is 0 Å². The summed E-state index contributed by atoms with van der Waals surface area (Å²) < 4.78 is 2.07. The third-order valence-corrected chi connectivity index (χ3v) is 5.84. The van der Waals surface area contributed by atoms with Crippen molar-refractivity contribution in [3.63, 3.8) is 0 Å². The molecule has 3 rings (SSSR count). The third kappa shape index (κ3) is 3.13. The summed E-state index contributed by atoms with van der Waals surface area (Å²) in [5, 5.41) is 9.58. The summed E-state index contributed by atoms with van der Waals surface area (Å²) in [7, 11) is 0. The van der Waals surface area contributed by atoms with Gasteiger partial charge in [-0.25, -0.2) is 0 Å². The van der Waals surface area contributed by atoms with E-state index in [1.54, 1.807) is 34.9 Å². The maximum atomic E-state index is 4.48. The van der Waals surface area contributed by atoms with Gasteiger partial charge in [-0.15, -0.1) is 10.2 Å². The third-order valence-electron chi connectivity index (χ3n) is 2.72. The Kier molecular flexibility index (Phi) is 4.54. The molecular formula is C14H13N3S3. The van der Waals surface area contributed by atoms with Crippen LogP contribution in [0.15, 0.2) is 45.2 Å². The average molecular weight is 319 g/mol. The van der Waals surface area contributed by atoms with Crippen LogP contribution in [0.4, 0.5) is 0 Å². The molecule has 0 atom stereocenters. The summed E-state index contributed by atoms with van der Waals surface area (Å²) in [6, 6.07) is 10.4. The summed E-state index contributed by atoms with van der Waals surface area (Å²) in [6.07, 6.45) is 1.84. The molecule has 3 aromatic rings. The van der Waals surface area contributed by atoms with Gasteiger partial charge in [0.25, 0.3) is 0 Å². The Morgan fingerprint density at radius 3 is 2.70 bits per heavy atom. The summed E-state index contributed by atoms with van der Waals surface area (Å²) >= 11 is 5.13. The van der Waals surface area contributed by atoms with Crippen LogP contribution in [-0.4, -0.2) is 20.9 Å². The zero-order valence-corrected chi connectivity index (χ0v) is 13.4. The summed E-state index contributed by atoms with van der Waals surface area (Å²) in [4.78, 5) is 4.48. The van der Waals surface area contributed by atoms with Crippen LogP contribution in [0.5, 0.6) is 0 Å². The van der Waals surface area contributed by atoms with Crippen molar-refractivity contribution in [1.82, 2.24) is 15.2 Å². The minimum Gasteiger partial charge on any atom is -0.256 e. The van der Waals surface area contributed by atoms with Gasteiger partial charge in [-0.3, -0.25) is 4.98 Å². The van der Waals surface area contributed by atoms with Crippen LogP contribution in [0.3, 0.4) is 0 Å². The number of nitrogens with zero attached hydrogens (tertiary/aromatic N) is 3. The maximum absolute atomic E-state index is 4.48. The molecule has 0 aliphatic carbocycles. The fraction of sp³-hybridized carbons (Fsp3) is 0.214. The molecule has 0 N–H and O–H groups in total. The van der Waals surface area contributed by atoms with Gasteiger partial charge in [-0.1, -0.05) is 66.0 Å². The van der Waals surface area contributed by atoms with Gasteiger partial charge in [-0.05, 0) is 17.4 Å². The highest BCUT2D eigenvalue weighted by Gasteiger charge is 2.07. The van der Waals surface area contributed by atoms with E-state index in [-0.39, 0.29) is 0 Å². The Labute approximate surface area is 130 Å². The van der Waals surface area contributed by atoms with Crippen molar-refractivity contribution < 1.29 is 0 Å². The zero-order valence-electron chi connectivity index (χ0n) is 10.9. The molecule has 0 aliphatic heterocycles. The largest absolute Gasteiger partial charge is 0.256 e. The molecule has 0 spiro atoms. The lowest BCUT2D eigenvalue weighted by atomic mass is 10.1. The van der Waals surface area contributed by atoms with Gasteiger partial charge >= 0.3 is 0 Å². The lowest BCUT2D eigenvalue weighted by molar-refractivity contribution is 0.954. The lowest BCUT2D eigenvalue weighted by Crippen LogP contribution is -1.86. The number of hydrogen-bond donors (Lipinski definition) is 0. The predicted octanol–water partition coefficient (Wildman–Crippen LogP) is 4.49. The first-order valence-electron chi connectivity index (χ1n) is 6.28. The minimum absolute atomic E-state index is 0.875. The molecule has 0 aliphatic rings. The molecule has 0 radical (unpaired) electrons. The van der Waals surface area contributed by atoms with Crippen molar-refractivity contribution >= 4 is 45.8 Å². The first kappa shape index (κ1) is 13.9. The number of fused-ring (bicyclic) bond motifs is 1. The second-order valence-electron chi connectivity index (χ2n) is 4.05. The first-order chi connectivity index (χ1) is 9.86. The van der Waals surface area contributed by atoms with Crippen LogP contribution >= 0.6 is 34.9 Å². The summed E-state index contributed by atoms with van der Waals surface area (Å²) in [5.74, 6) is 1.91. The van der Waals surface area contributed by atoms with Crippen molar-refractivity contribution in [3.8, 4) is 0 Å². The Balaban J connectivity index is 1.76. The number of aromatic nitrogens is 3. The fourth-order valence-corrected chi connectivity index (χ4v) is 4.76. The number of rotatable bonds is 5. The van der Waals surface area contributed by atoms with E-state index in [9.17, 15) is 0 Å². The van der Waals surface area contributed by atoms with Gasteiger partial charge in [0.05, 0.1) is 5.52 Å². The van der Waals surface area contributed by atoms with Gasteiger partial charge in [0, 0.05) is 17.3 Å². The number of thioether (sulfide) groups is 2. The Hall–Kier alpha value is -1.11. The predicted molar refractivity (Wildman–Crippen MR) is 87.6 cm³/mol. The van der Waals surface area contributed by atoms with Crippen molar-refractivity contribution in [2.45, 2.75) is 21.4 Å². The standard InChI is InChI=1S/C14H13N3S3/c1-2-18-13-16-17-14(20-13)19-9-11-6-3-5-10-7-4-8-15-12(10)11/h3-8H,2,9H2,1H3. The zero-order chi connectivity index (χ0) is 13.8. The van der Waals surface area contributed by atoms with Crippen LogP contribution in [0.25, 0.3) is 10.9 Å². The normalized spacial score (nSPS) is 11.1. The van der Waals surface area contributed by atoms with E-state index in [0.29, 0.717) is 0 Å². The van der Waals surface area contributed by atoms with E-state index in [0.717, 1.165) is 25.7 Å². The second-order valence-corrected chi connectivity index (χ2v) is 7.76. The fourth-order valence-electron chi connectivity index (χ4n) is 1.86. The molecule has 20 heavy (non-hydrogen) atoms. The van der Waals surface area contributed by atoms with Gasteiger partial charge in [0.1, 0.15) is 0 Å². The number of para-hydroxylation sites is 1. The van der Waals surface area contributed by atoms with E-state index in [1.165, 1.54) is 10.9 Å². The number of benzene rings is 1. The summed E-state index contributed by atoms with van der Waals surface area (Å²) in [5.41, 5.74) is 2.32. The quantitative estimate of drug-likeness (QED) is 0.648. The SMILES string of the molecule is CCSc1nnc(SCc2cccc3cccnc23)s1. The van der Waals surface area contributed by atoms with E-state index in [2.05, 4.69) is 46.4 Å². The Morgan fingerprint density at radius 1 is 1.05 bits per heavy atom. The Bertz CT molecular complexity index is 706. The van der Waals surface area contributed by atoms with E-state index < -0.39 is 0 Å². The lowest BCUT2D eigenvalue weighted by Gasteiger charge is -2.03. The van der Waals surface area contributed by atoms with Crippen molar-refractivity contribution in [2.24, 2.45) is 0 Å². The molecule has 2 aromatic heterocycles. The Morgan fingerprint density at radius 2 is 1.85 bits per heavy atom. The maximum Gasteiger partial charge on any atom is 0.175 e. The molecular weight excluding hydrogens is 306 g/mol. The van der Waals surface area contributed by atoms with Gasteiger partial charge < -0.3 is 0 Å². The molecule has 0 fully saturated rings. The van der Waals surface area contributed by atoms with E-state index in [4.69, 9.17) is 0 Å². The topological polar surface area (TPSA) is 38.7 Å². The van der Waals surface area contributed by atoms with Crippen LogP contribution in [0.1, 0.15) is 12.5 Å². The van der Waals surface area contributed by atoms with E-state index in [1.807, 2.05) is 12.3 Å². The van der Waals surface area contributed by atoms with Gasteiger partial charge in [0.15, 0.2) is 8.68 Å².